The maximum Gasteiger partial charge on any atom is 0.107 e. The van der Waals surface area contributed by atoms with Crippen LogP contribution < -0.4 is 5.32 Å². The predicted molar refractivity (Wildman–Crippen MR) is 59.8 cm³/mol. The van der Waals surface area contributed by atoms with Crippen molar-refractivity contribution in [1.82, 2.24) is 15.0 Å². The molecule has 0 amide bonds. The number of anilines is 1. The zero-order chi connectivity index (χ0) is 10.5. The van der Waals surface area contributed by atoms with Crippen LogP contribution >= 0.6 is 0 Å². The lowest BCUT2D eigenvalue weighted by atomic mass is 10.3. The highest BCUT2D eigenvalue weighted by molar-refractivity contribution is 5.42. The molecule has 0 spiro atoms. The predicted octanol–water partition coefficient (Wildman–Crippen LogP) is 1.77. The van der Waals surface area contributed by atoms with E-state index in [0.29, 0.717) is 0 Å². The number of aryl methyl sites for hydroxylation is 1. The quantitative estimate of drug-likeness (QED) is 0.794. The van der Waals surface area contributed by atoms with Crippen LogP contribution in [0.3, 0.4) is 0 Å². The topological polar surface area (TPSA) is 53.6 Å². The van der Waals surface area contributed by atoms with Crippen LogP contribution in [0.4, 0.5) is 5.69 Å². The van der Waals surface area contributed by atoms with E-state index < -0.39 is 0 Å². The first kappa shape index (κ1) is 9.71. The molecular formula is C11H14N4. The Kier molecular flexibility index (Phi) is 2.97. The number of aromatic nitrogens is 3. The summed E-state index contributed by atoms with van der Waals surface area (Å²) in [5.74, 6) is 1.01. The molecule has 0 bridgehead atoms. The minimum atomic E-state index is 0.872. The summed E-state index contributed by atoms with van der Waals surface area (Å²) >= 11 is 0. The van der Waals surface area contributed by atoms with E-state index in [9.17, 15) is 0 Å². The monoisotopic (exact) mass is 202 g/mol. The molecule has 78 valence electrons. The lowest BCUT2D eigenvalue weighted by Gasteiger charge is -2.05. The fourth-order valence-corrected chi connectivity index (χ4v) is 1.42. The third-order valence-electron chi connectivity index (χ3n) is 2.14. The lowest BCUT2D eigenvalue weighted by molar-refractivity contribution is 0.926. The Labute approximate surface area is 88.8 Å². The summed E-state index contributed by atoms with van der Waals surface area (Å²) in [6.45, 7) is 2.86. The number of nitrogens with zero attached hydrogens (tertiary/aromatic N) is 2. The molecule has 0 radical (unpaired) electrons. The fourth-order valence-electron chi connectivity index (χ4n) is 1.42. The highest BCUT2D eigenvalue weighted by Gasteiger charge is 1.95. The molecule has 0 aliphatic heterocycles. The molecule has 2 heterocycles. The third kappa shape index (κ3) is 2.80. The minimum absolute atomic E-state index is 0.872. The van der Waals surface area contributed by atoms with Gasteiger partial charge in [0.05, 0.1) is 0 Å². The van der Waals surface area contributed by atoms with Crippen LogP contribution in [0.2, 0.25) is 0 Å². The van der Waals surface area contributed by atoms with Gasteiger partial charge < -0.3 is 10.3 Å². The van der Waals surface area contributed by atoms with Crippen LogP contribution in [0.25, 0.3) is 0 Å². The van der Waals surface area contributed by atoms with Crippen molar-refractivity contribution >= 4 is 5.69 Å². The number of H-pyrrole nitrogens is 1. The van der Waals surface area contributed by atoms with Crippen molar-refractivity contribution in [1.29, 1.82) is 0 Å². The van der Waals surface area contributed by atoms with E-state index in [2.05, 4.69) is 20.3 Å². The molecule has 0 aliphatic carbocycles. The smallest absolute Gasteiger partial charge is 0.107 e. The summed E-state index contributed by atoms with van der Waals surface area (Å²) in [7, 11) is 0. The molecule has 0 aliphatic rings. The van der Waals surface area contributed by atoms with E-state index in [1.807, 2.05) is 31.5 Å². The molecule has 2 rings (SSSR count). The molecule has 2 aromatic heterocycles. The van der Waals surface area contributed by atoms with Gasteiger partial charge in [-0.2, -0.15) is 0 Å². The van der Waals surface area contributed by atoms with E-state index in [4.69, 9.17) is 0 Å². The van der Waals surface area contributed by atoms with Crippen molar-refractivity contribution in [3.63, 3.8) is 0 Å². The van der Waals surface area contributed by atoms with Gasteiger partial charge in [-0.1, -0.05) is 0 Å². The first-order valence-corrected chi connectivity index (χ1v) is 4.99. The van der Waals surface area contributed by atoms with Gasteiger partial charge >= 0.3 is 0 Å². The Morgan fingerprint density at radius 2 is 2.27 bits per heavy atom. The largest absolute Gasteiger partial charge is 0.384 e. The van der Waals surface area contributed by atoms with Crippen molar-refractivity contribution in [3.8, 4) is 0 Å². The number of hydrogen-bond donors (Lipinski definition) is 2. The molecule has 0 fully saturated rings. The van der Waals surface area contributed by atoms with Crippen LogP contribution in [0.1, 0.15) is 11.5 Å². The number of nitrogens with one attached hydrogen (secondary N) is 2. The highest BCUT2D eigenvalue weighted by Crippen LogP contribution is 2.06. The maximum atomic E-state index is 4.16. The second-order valence-corrected chi connectivity index (χ2v) is 3.40. The van der Waals surface area contributed by atoms with Crippen LogP contribution in [0, 0.1) is 6.92 Å². The summed E-state index contributed by atoms with van der Waals surface area (Å²) in [6, 6.07) is 4.00. The van der Waals surface area contributed by atoms with Crippen molar-refractivity contribution in [3.05, 3.63) is 42.2 Å². The first-order chi connectivity index (χ1) is 7.34. The summed E-state index contributed by atoms with van der Waals surface area (Å²) in [5, 5.41) is 3.32. The van der Waals surface area contributed by atoms with Crippen LogP contribution in [0.15, 0.2) is 30.7 Å². The van der Waals surface area contributed by atoms with E-state index in [1.54, 1.807) is 6.20 Å². The number of pyridine rings is 1. The fraction of sp³-hybridized carbons (Fsp3) is 0.273. The van der Waals surface area contributed by atoms with E-state index in [-0.39, 0.29) is 0 Å². The van der Waals surface area contributed by atoms with Crippen molar-refractivity contribution < 1.29 is 0 Å². The third-order valence-corrected chi connectivity index (χ3v) is 2.14. The van der Waals surface area contributed by atoms with Gasteiger partial charge in [-0.05, 0) is 19.1 Å². The number of imidazole rings is 1. The van der Waals surface area contributed by atoms with E-state index >= 15 is 0 Å². The van der Waals surface area contributed by atoms with Crippen molar-refractivity contribution in [2.75, 3.05) is 11.9 Å². The minimum Gasteiger partial charge on any atom is -0.384 e. The number of rotatable bonds is 4. The standard InChI is InChI=1S/C11H14N4/c1-9-8-10(2-4-12-9)13-5-3-11-14-6-7-15-11/h2,4,6-8H,3,5H2,1H3,(H,12,13)(H,14,15). The summed E-state index contributed by atoms with van der Waals surface area (Å²) in [5.41, 5.74) is 2.13. The Bertz CT molecular complexity index is 408. The normalized spacial score (nSPS) is 10.2. The lowest BCUT2D eigenvalue weighted by Crippen LogP contribution is -2.06. The zero-order valence-electron chi connectivity index (χ0n) is 8.70. The molecule has 4 nitrogen and oxygen atoms in total. The maximum absolute atomic E-state index is 4.16. The summed E-state index contributed by atoms with van der Waals surface area (Å²) in [6.07, 6.45) is 6.32. The second-order valence-electron chi connectivity index (χ2n) is 3.40. The summed E-state index contributed by atoms with van der Waals surface area (Å²) in [4.78, 5) is 11.4. The van der Waals surface area contributed by atoms with Gasteiger partial charge in [0, 0.05) is 42.9 Å². The highest BCUT2D eigenvalue weighted by atomic mass is 14.9. The van der Waals surface area contributed by atoms with Crippen LogP contribution in [-0.2, 0) is 6.42 Å². The molecule has 0 atom stereocenters. The molecular weight excluding hydrogens is 188 g/mol. The van der Waals surface area contributed by atoms with Gasteiger partial charge in [0.15, 0.2) is 0 Å². The van der Waals surface area contributed by atoms with Gasteiger partial charge in [-0.15, -0.1) is 0 Å². The Hall–Kier alpha value is -1.84. The summed E-state index contributed by atoms with van der Waals surface area (Å²) < 4.78 is 0. The molecule has 2 N–H and O–H groups in total. The molecule has 2 aromatic rings. The van der Waals surface area contributed by atoms with E-state index in [0.717, 1.165) is 30.2 Å². The molecule has 0 saturated heterocycles. The molecule has 15 heavy (non-hydrogen) atoms. The second kappa shape index (κ2) is 4.59. The van der Waals surface area contributed by atoms with E-state index in [1.165, 1.54) is 0 Å². The number of hydrogen-bond acceptors (Lipinski definition) is 3. The Morgan fingerprint density at radius 1 is 1.33 bits per heavy atom. The average molecular weight is 202 g/mol. The van der Waals surface area contributed by atoms with Crippen molar-refractivity contribution in [2.24, 2.45) is 0 Å². The molecule has 0 aromatic carbocycles. The SMILES string of the molecule is Cc1cc(NCCc2ncc[nH]2)ccn1. The van der Waals surface area contributed by atoms with Gasteiger partial charge in [-0.3, -0.25) is 4.98 Å². The van der Waals surface area contributed by atoms with Gasteiger partial charge in [0.25, 0.3) is 0 Å². The zero-order valence-corrected chi connectivity index (χ0v) is 8.70. The van der Waals surface area contributed by atoms with Crippen LogP contribution in [-0.4, -0.2) is 21.5 Å². The van der Waals surface area contributed by atoms with Gasteiger partial charge in [0.2, 0.25) is 0 Å². The average Bonchev–Trinajstić information content (AvgIpc) is 2.71. The van der Waals surface area contributed by atoms with Gasteiger partial charge in [0.1, 0.15) is 5.82 Å². The molecule has 0 unspecified atom stereocenters. The molecule has 4 heteroatoms. The first-order valence-electron chi connectivity index (χ1n) is 4.99. The number of aromatic amines is 1. The molecule has 0 saturated carbocycles. The van der Waals surface area contributed by atoms with Crippen LogP contribution in [0.5, 0.6) is 0 Å². The Balaban J connectivity index is 1.83. The Morgan fingerprint density at radius 3 is 3.00 bits per heavy atom. The van der Waals surface area contributed by atoms with Crippen molar-refractivity contribution in [2.45, 2.75) is 13.3 Å². The van der Waals surface area contributed by atoms with Gasteiger partial charge in [-0.25, -0.2) is 4.98 Å².